The summed E-state index contributed by atoms with van der Waals surface area (Å²) >= 11 is 1.80. The number of benzene rings is 7. The fraction of sp³-hybridized carbons (Fsp3) is 0.0600. The quantitative estimate of drug-likeness (QED) is 0.185. The molecule has 0 radical (unpaired) electrons. The van der Waals surface area contributed by atoms with Crippen LogP contribution in [-0.4, -0.2) is 11.8 Å². The number of nitrogens with one attached hydrogen (secondary N) is 1. The molecule has 262 valence electrons. The third-order valence-corrected chi connectivity index (χ3v) is 12.3. The predicted octanol–water partition coefficient (Wildman–Crippen LogP) is 12.7. The second-order valence-corrected chi connectivity index (χ2v) is 15.3. The van der Waals surface area contributed by atoms with Gasteiger partial charge in [0, 0.05) is 32.6 Å². The summed E-state index contributed by atoms with van der Waals surface area (Å²) in [7, 11) is 0. The summed E-state index contributed by atoms with van der Waals surface area (Å²) in [6, 6.07) is 62.6. The van der Waals surface area contributed by atoms with Gasteiger partial charge in [0.05, 0.1) is 27.9 Å². The molecule has 55 heavy (non-hydrogen) atoms. The Balaban J connectivity index is 1.00. The van der Waals surface area contributed by atoms with Crippen LogP contribution in [0.3, 0.4) is 0 Å². The molecule has 0 saturated carbocycles. The highest BCUT2D eigenvalue weighted by Crippen LogP contribution is 2.52. The number of hydrogen-bond donors (Lipinski definition) is 1. The molecular weight excluding hydrogens is 691 g/mol. The van der Waals surface area contributed by atoms with Crippen LogP contribution in [0.4, 0.5) is 17.1 Å². The molecule has 1 aliphatic carbocycles. The molecule has 3 unspecified atom stereocenters. The first-order valence-corrected chi connectivity index (χ1v) is 19.6. The van der Waals surface area contributed by atoms with Gasteiger partial charge in [0.15, 0.2) is 0 Å². The van der Waals surface area contributed by atoms with E-state index in [0.717, 1.165) is 45.3 Å². The zero-order valence-electron chi connectivity index (χ0n) is 29.8. The van der Waals surface area contributed by atoms with Gasteiger partial charge in [-0.1, -0.05) is 146 Å². The van der Waals surface area contributed by atoms with Crippen molar-refractivity contribution in [2.75, 3.05) is 10.2 Å². The van der Waals surface area contributed by atoms with Crippen LogP contribution >= 0.6 is 11.3 Å². The first-order chi connectivity index (χ1) is 27.3. The van der Waals surface area contributed by atoms with Crippen LogP contribution in [0.25, 0.3) is 26.4 Å². The van der Waals surface area contributed by atoms with Gasteiger partial charge >= 0.3 is 0 Å². The average molecular weight is 726 g/mol. The Bertz CT molecular complexity index is 2840. The van der Waals surface area contributed by atoms with Crippen molar-refractivity contribution in [2.24, 2.45) is 4.99 Å². The molecule has 0 fully saturated rings. The Labute approximate surface area is 324 Å². The number of allylic oxidation sites excluding steroid dienone is 2. The number of aliphatic imine (C=N–C) groups is 1. The summed E-state index contributed by atoms with van der Waals surface area (Å²) in [5.74, 6) is 0.955. The van der Waals surface area contributed by atoms with E-state index in [2.05, 4.69) is 198 Å². The van der Waals surface area contributed by atoms with Crippen LogP contribution in [-0.2, 0) is 0 Å². The number of fused-ring (bicyclic) bond motifs is 7. The van der Waals surface area contributed by atoms with E-state index >= 15 is 0 Å². The Kier molecular flexibility index (Phi) is 7.52. The van der Waals surface area contributed by atoms with Crippen LogP contribution in [0.15, 0.2) is 199 Å². The number of rotatable bonds is 6. The first kappa shape index (κ1) is 31.8. The van der Waals surface area contributed by atoms with Crippen LogP contribution < -0.4 is 15.0 Å². The van der Waals surface area contributed by atoms with Gasteiger partial charge in [0.2, 0.25) is 0 Å². The lowest BCUT2D eigenvalue weighted by atomic mass is 9.79. The van der Waals surface area contributed by atoms with Gasteiger partial charge in [-0.25, -0.2) is 0 Å². The van der Waals surface area contributed by atoms with E-state index in [4.69, 9.17) is 9.73 Å². The van der Waals surface area contributed by atoms with Crippen molar-refractivity contribution in [1.29, 1.82) is 0 Å². The first-order valence-electron chi connectivity index (χ1n) is 18.8. The van der Waals surface area contributed by atoms with Gasteiger partial charge in [0.1, 0.15) is 18.0 Å². The molecule has 4 nitrogen and oxygen atoms in total. The Hall–Kier alpha value is -6.69. The van der Waals surface area contributed by atoms with E-state index in [1.54, 1.807) is 11.3 Å². The summed E-state index contributed by atoms with van der Waals surface area (Å²) in [5.41, 5.74) is 11.4. The number of thiophene rings is 1. The lowest BCUT2D eigenvalue weighted by Gasteiger charge is -2.36. The van der Waals surface area contributed by atoms with E-state index < -0.39 is 0 Å². The maximum Gasteiger partial charge on any atom is 0.150 e. The second kappa shape index (κ2) is 13.0. The third-order valence-electron chi connectivity index (χ3n) is 11.1. The minimum atomic E-state index is -0.216. The van der Waals surface area contributed by atoms with E-state index in [1.807, 2.05) is 0 Å². The van der Waals surface area contributed by atoms with E-state index in [-0.39, 0.29) is 18.2 Å². The van der Waals surface area contributed by atoms with Gasteiger partial charge in [-0.3, -0.25) is 4.99 Å². The van der Waals surface area contributed by atoms with Crippen LogP contribution in [0.1, 0.15) is 39.2 Å². The molecule has 3 aliphatic rings. The monoisotopic (exact) mass is 725 g/mol. The average Bonchev–Trinajstić information content (AvgIpc) is 3.84. The summed E-state index contributed by atoms with van der Waals surface area (Å²) in [4.78, 5) is 8.91. The lowest BCUT2D eigenvalue weighted by molar-refractivity contribution is 0.256. The fourth-order valence-electron chi connectivity index (χ4n) is 8.50. The summed E-state index contributed by atoms with van der Waals surface area (Å²) < 4.78 is 8.20. The van der Waals surface area contributed by atoms with E-state index in [9.17, 15) is 0 Å². The Morgan fingerprint density at radius 2 is 1.33 bits per heavy atom. The number of anilines is 3. The molecule has 0 amide bonds. The van der Waals surface area contributed by atoms with Crippen molar-refractivity contribution in [1.82, 2.24) is 0 Å². The van der Waals surface area contributed by atoms with E-state index in [1.165, 1.54) is 42.4 Å². The predicted molar refractivity (Wildman–Crippen MR) is 229 cm³/mol. The number of para-hydroxylation sites is 2. The van der Waals surface area contributed by atoms with Crippen molar-refractivity contribution >= 4 is 60.5 Å². The number of ether oxygens (including phenoxy) is 1. The highest BCUT2D eigenvalue weighted by Gasteiger charge is 2.43. The summed E-state index contributed by atoms with van der Waals surface area (Å²) in [5, 5.41) is 7.48. The standard InChI is InChI=1S/C50H35N3OS/c1-3-14-34(15-4-1)46-49-47(41-20-10-12-22-44(41)55-49)52-50(51-46)35-25-23-33(24-26-35)39-29-30-42(48-45(39)40-19-9-11-21-43(40)54-48)53(37-17-5-2-6-18-37)38-28-27-32-13-7-8-16-36(32)31-38/h1-31,45,48,50,52H. The Morgan fingerprint density at radius 3 is 2.18 bits per heavy atom. The van der Waals surface area contributed by atoms with Crippen molar-refractivity contribution in [2.45, 2.75) is 18.2 Å². The summed E-state index contributed by atoms with van der Waals surface area (Å²) in [6.07, 6.45) is 4.14. The molecule has 11 rings (SSSR count). The van der Waals surface area contributed by atoms with Gasteiger partial charge in [-0.05, 0) is 69.9 Å². The maximum absolute atomic E-state index is 6.94. The van der Waals surface area contributed by atoms with Crippen molar-refractivity contribution < 1.29 is 4.74 Å². The van der Waals surface area contributed by atoms with Gasteiger partial charge < -0.3 is 15.0 Å². The molecular formula is C50H35N3OS. The van der Waals surface area contributed by atoms with Crippen LogP contribution in [0.5, 0.6) is 5.75 Å². The van der Waals surface area contributed by atoms with Gasteiger partial charge in [-0.15, -0.1) is 11.3 Å². The molecule has 5 heteroatoms. The zero-order chi connectivity index (χ0) is 36.3. The molecule has 3 heterocycles. The highest BCUT2D eigenvalue weighted by molar-refractivity contribution is 7.22. The Morgan fingerprint density at radius 1 is 0.600 bits per heavy atom. The molecule has 7 aromatic carbocycles. The number of nitrogens with zero attached hydrogens (tertiary/aromatic N) is 2. The van der Waals surface area contributed by atoms with Gasteiger partial charge in [0.25, 0.3) is 0 Å². The van der Waals surface area contributed by atoms with Crippen molar-refractivity contribution in [3.63, 3.8) is 0 Å². The SMILES string of the molecule is C1=C(c2ccc(C3N=C(c4ccccc4)c4sc5ccccc5c4N3)cc2)C2c3ccccc3OC2C(N(c2ccccc2)c2ccc3ccccc3c2)=C1. The molecule has 0 bridgehead atoms. The third kappa shape index (κ3) is 5.38. The highest BCUT2D eigenvalue weighted by atomic mass is 32.1. The fourth-order valence-corrected chi connectivity index (χ4v) is 9.68. The normalized spacial score (nSPS) is 18.3. The van der Waals surface area contributed by atoms with Gasteiger partial charge in [-0.2, -0.15) is 0 Å². The molecule has 1 aromatic heterocycles. The molecule has 2 aliphatic heterocycles. The number of hydrogen-bond acceptors (Lipinski definition) is 5. The zero-order valence-corrected chi connectivity index (χ0v) is 30.7. The molecule has 3 atom stereocenters. The maximum atomic E-state index is 6.94. The largest absolute Gasteiger partial charge is 0.483 e. The minimum Gasteiger partial charge on any atom is -0.483 e. The minimum absolute atomic E-state index is 0.0176. The van der Waals surface area contributed by atoms with Crippen molar-refractivity contribution in [3.8, 4) is 5.75 Å². The molecule has 0 spiro atoms. The summed E-state index contributed by atoms with van der Waals surface area (Å²) in [6.45, 7) is 0. The smallest absolute Gasteiger partial charge is 0.150 e. The second-order valence-electron chi connectivity index (χ2n) is 14.3. The lowest BCUT2D eigenvalue weighted by Crippen LogP contribution is -2.34. The van der Waals surface area contributed by atoms with Crippen LogP contribution in [0, 0.1) is 0 Å². The molecule has 1 N–H and O–H groups in total. The van der Waals surface area contributed by atoms with Crippen LogP contribution in [0.2, 0.25) is 0 Å². The molecule has 0 saturated heterocycles. The topological polar surface area (TPSA) is 36.9 Å². The van der Waals surface area contributed by atoms with Crippen molar-refractivity contribution in [3.05, 3.63) is 221 Å². The molecule has 8 aromatic rings. The van der Waals surface area contributed by atoms with E-state index in [0.29, 0.717) is 0 Å².